The molecule has 0 saturated heterocycles. The molecule has 12 heavy (non-hydrogen) atoms. The van der Waals surface area contributed by atoms with Crippen LogP contribution >= 0.6 is 0 Å². The number of aliphatic hydroxyl groups excluding tert-OH is 1. The Morgan fingerprint density at radius 2 is 1.83 bits per heavy atom. The molecule has 0 aromatic rings. The summed E-state index contributed by atoms with van der Waals surface area (Å²) in [6, 6.07) is 0. The molecule has 0 bridgehead atoms. The van der Waals surface area contributed by atoms with Gasteiger partial charge in [-0.3, -0.25) is 0 Å². The third kappa shape index (κ3) is 1.55. The molecule has 0 aromatic heterocycles. The molecule has 1 nitrogen and oxygen atoms in total. The van der Waals surface area contributed by atoms with Gasteiger partial charge in [0, 0.05) is 18.8 Å². The van der Waals surface area contributed by atoms with Gasteiger partial charge in [-0.15, -0.1) is 0 Å². The second kappa shape index (κ2) is 2.58. The maximum atomic E-state index is 12.8. The fourth-order valence-electron chi connectivity index (χ4n) is 1.27. The third-order valence-corrected chi connectivity index (χ3v) is 2.19. The molecule has 0 aromatic carbocycles. The van der Waals surface area contributed by atoms with Crippen molar-refractivity contribution in [2.24, 2.45) is 5.92 Å². The molecule has 72 valence electrons. The average molecular weight is 186 g/mol. The predicted octanol–water partition coefficient (Wildman–Crippen LogP) is 2.05. The van der Waals surface area contributed by atoms with Crippen LogP contribution < -0.4 is 0 Å². The Balaban J connectivity index is 2.52. The summed E-state index contributed by atoms with van der Waals surface area (Å²) in [5.41, 5.74) is 0. The van der Waals surface area contributed by atoms with Crippen LogP contribution in [0, 0.1) is 5.92 Å². The van der Waals surface area contributed by atoms with Crippen LogP contribution in [0.25, 0.3) is 0 Å². The van der Waals surface area contributed by atoms with Crippen LogP contribution in [0.15, 0.2) is 0 Å². The Morgan fingerprint density at radius 1 is 1.42 bits per heavy atom. The van der Waals surface area contributed by atoms with Crippen LogP contribution in [0.3, 0.4) is 0 Å². The number of hydrogen-bond acceptors (Lipinski definition) is 1. The number of halogens is 4. The van der Waals surface area contributed by atoms with E-state index in [-0.39, 0.29) is 0 Å². The van der Waals surface area contributed by atoms with Crippen LogP contribution in [0.1, 0.15) is 19.8 Å². The van der Waals surface area contributed by atoms with Gasteiger partial charge in [0.15, 0.2) is 0 Å². The minimum Gasteiger partial charge on any atom is -0.387 e. The molecule has 1 unspecified atom stereocenters. The normalized spacial score (nSPS) is 26.5. The minimum absolute atomic E-state index is 0.815. The monoisotopic (exact) mass is 186 g/mol. The fraction of sp³-hybridized carbons (Fsp3) is 1.00. The first-order valence-corrected chi connectivity index (χ1v) is 3.69. The third-order valence-electron chi connectivity index (χ3n) is 2.19. The lowest BCUT2D eigenvalue weighted by Crippen LogP contribution is -2.50. The zero-order chi connectivity index (χ0) is 9.57. The molecule has 1 saturated carbocycles. The van der Waals surface area contributed by atoms with Gasteiger partial charge in [-0.05, 0) is 6.92 Å². The highest BCUT2D eigenvalue weighted by Gasteiger charge is 2.58. The summed E-state index contributed by atoms with van der Waals surface area (Å²) in [6.07, 6.45) is -3.48. The molecule has 1 N–H and O–H groups in total. The highest BCUT2D eigenvalue weighted by atomic mass is 19.3. The fourth-order valence-corrected chi connectivity index (χ4v) is 1.27. The summed E-state index contributed by atoms with van der Waals surface area (Å²) in [4.78, 5) is 0. The van der Waals surface area contributed by atoms with E-state index < -0.39 is 36.7 Å². The zero-order valence-corrected chi connectivity index (χ0v) is 6.53. The van der Waals surface area contributed by atoms with Crippen LogP contribution in [0.2, 0.25) is 0 Å². The van der Waals surface area contributed by atoms with Crippen molar-refractivity contribution in [2.75, 3.05) is 0 Å². The van der Waals surface area contributed by atoms with Crippen molar-refractivity contribution in [3.63, 3.8) is 0 Å². The van der Waals surface area contributed by atoms with Crippen molar-refractivity contribution in [3.05, 3.63) is 0 Å². The van der Waals surface area contributed by atoms with Crippen molar-refractivity contribution < 1.29 is 22.7 Å². The van der Waals surface area contributed by atoms with E-state index in [2.05, 4.69) is 0 Å². The summed E-state index contributed by atoms with van der Waals surface area (Å²) >= 11 is 0. The Kier molecular flexibility index (Phi) is 2.10. The molecule has 0 radical (unpaired) electrons. The van der Waals surface area contributed by atoms with Crippen molar-refractivity contribution in [1.29, 1.82) is 0 Å². The Morgan fingerprint density at radius 3 is 2.08 bits per heavy atom. The number of rotatable bonds is 2. The van der Waals surface area contributed by atoms with Gasteiger partial charge in [0.25, 0.3) is 5.92 Å². The van der Waals surface area contributed by atoms with E-state index in [1.807, 2.05) is 0 Å². The first-order chi connectivity index (χ1) is 5.26. The smallest absolute Gasteiger partial charge is 0.276 e. The molecule has 1 fully saturated rings. The molecule has 1 aliphatic rings. The summed E-state index contributed by atoms with van der Waals surface area (Å²) in [7, 11) is 0. The van der Waals surface area contributed by atoms with Gasteiger partial charge in [0.1, 0.15) is 6.10 Å². The molecule has 0 heterocycles. The van der Waals surface area contributed by atoms with Crippen molar-refractivity contribution >= 4 is 0 Å². The van der Waals surface area contributed by atoms with Crippen LogP contribution in [0.5, 0.6) is 0 Å². The number of hydrogen-bond donors (Lipinski definition) is 1. The maximum Gasteiger partial charge on any atom is 0.276 e. The standard InChI is InChI=1S/C7H10F4O/c1-4(12)7(10,11)5-2-6(8,9)3-5/h4-5,12H,2-3H2,1H3. The van der Waals surface area contributed by atoms with E-state index in [9.17, 15) is 17.6 Å². The van der Waals surface area contributed by atoms with Gasteiger partial charge >= 0.3 is 0 Å². The topological polar surface area (TPSA) is 20.2 Å². The van der Waals surface area contributed by atoms with Crippen molar-refractivity contribution in [1.82, 2.24) is 0 Å². The molecular weight excluding hydrogens is 176 g/mol. The number of aliphatic hydroxyl groups is 1. The molecule has 0 spiro atoms. The lowest BCUT2D eigenvalue weighted by atomic mass is 9.75. The lowest BCUT2D eigenvalue weighted by molar-refractivity contribution is -0.224. The van der Waals surface area contributed by atoms with E-state index in [1.165, 1.54) is 0 Å². The Labute approximate surface area is 67.4 Å². The van der Waals surface area contributed by atoms with E-state index in [0.717, 1.165) is 6.92 Å². The first-order valence-electron chi connectivity index (χ1n) is 3.69. The highest BCUT2D eigenvalue weighted by molar-refractivity contribution is 4.96. The molecule has 5 heteroatoms. The van der Waals surface area contributed by atoms with Gasteiger partial charge in [-0.1, -0.05) is 0 Å². The molecule has 1 aliphatic carbocycles. The Hall–Kier alpha value is -0.320. The van der Waals surface area contributed by atoms with E-state index >= 15 is 0 Å². The summed E-state index contributed by atoms with van der Waals surface area (Å²) in [6.45, 7) is 0.913. The quantitative estimate of drug-likeness (QED) is 0.654. The SMILES string of the molecule is CC(O)C(F)(F)C1CC(F)(F)C1. The van der Waals surface area contributed by atoms with Crippen molar-refractivity contribution in [3.8, 4) is 0 Å². The van der Waals surface area contributed by atoms with Gasteiger partial charge in [-0.2, -0.15) is 0 Å². The second-order valence-electron chi connectivity index (χ2n) is 3.31. The molecule has 0 amide bonds. The summed E-state index contributed by atoms with van der Waals surface area (Å²) < 4.78 is 49.8. The number of alkyl halides is 4. The van der Waals surface area contributed by atoms with E-state index in [4.69, 9.17) is 5.11 Å². The molecule has 1 rings (SSSR count). The predicted molar refractivity (Wildman–Crippen MR) is 34.3 cm³/mol. The zero-order valence-electron chi connectivity index (χ0n) is 6.53. The van der Waals surface area contributed by atoms with Crippen LogP contribution in [-0.2, 0) is 0 Å². The van der Waals surface area contributed by atoms with E-state index in [1.54, 1.807) is 0 Å². The Bertz CT molecular complexity index is 170. The largest absolute Gasteiger partial charge is 0.387 e. The summed E-state index contributed by atoms with van der Waals surface area (Å²) in [5, 5.41) is 8.59. The van der Waals surface area contributed by atoms with Crippen LogP contribution in [-0.4, -0.2) is 23.1 Å². The highest BCUT2D eigenvalue weighted by Crippen LogP contribution is 2.50. The van der Waals surface area contributed by atoms with E-state index in [0.29, 0.717) is 0 Å². The van der Waals surface area contributed by atoms with Gasteiger partial charge < -0.3 is 5.11 Å². The van der Waals surface area contributed by atoms with Gasteiger partial charge in [-0.25, -0.2) is 17.6 Å². The van der Waals surface area contributed by atoms with Gasteiger partial charge in [0.05, 0.1) is 0 Å². The second-order valence-corrected chi connectivity index (χ2v) is 3.31. The van der Waals surface area contributed by atoms with Crippen molar-refractivity contribution in [2.45, 2.75) is 37.7 Å². The molecule has 1 atom stereocenters. The lowest BCUT2D eigenvalue weighted by Gasteiger charge is -2.40. The maximum absolute atomic E-state index is 12.8. The minimum atomic E-state index is -3.37. The van der Waals surface area contributed by atoms with Crippen LogP contribution in [0.4, 0.5) is 17.6 Å². The molecule has 0 aliphatic heterocycles. The average Bonchev–Trinajstić information content (AvgIpc) is 1.82. The van der Waals surface area contributed by atoms with Gasteiger partial charge in [0.2, 0.25) is 5.92 Å². The molecular formula is C7H10F4O. The summed E-state index contributed by atoms with van der Waals surface area (Å²) in [5.74, 6) is -7.70. The first kappa shape index (κ1) is 9.77.